The quantitative estimate of drug-likeness (QED) is 0.759. The van der Waals surface area contributed by atoms with E-state index in [0.717, 1.165) is 16.8 Å². The summed E-state index contributed by atoms with van der Waals surface area (Å²) in [6.07, 6.45) is 0.528. The van der Waals surface area contributed by atoms with Crippen LogP contribution < -0.4 is 10.1 Å². The molecule has 0 atom stereocenters. The summed E-state index contributed by atoms with van der Waals surface area (Å²) in [5.74, 6) is -0.401. The van der Waals surface area contributed by atoms with Gasteiger partial charge in [0.2, 0.25) is 0 Å². The number of aliphatic carboxylic acids is 1. The van der Waals surface area contributed by atoms with Gasteiger partial charge < -0.3 is 15.2 Å². The highest BCUT2D eigenvalue weighted by atomic mass is 16.5. The molecule has 24 heavy (non-hydrogen) atoms. The molecule has 2 rings (SSSR count). The molecule has 0 aliphatic rings. The fourth-order valence-corrected chi connectivity index (χ4v) is 2.18. The molecule has 0 aromatic heterocycles. The minimum Gasteiger partial charge on any atom is -0.494 e. The molecule has 0 saturated heterocycles. The van der Waals surface area contributed by atoms with E-state index in [4.69, 9.17) is 9.84 Å². The number of rotatable bonds is 7. The van der Waals surface area contributed by atoms with Gasteiger partial charge in [-0.25, -0.2) is 0 Å². The first-order chi connectivity index (χ1) is 11.5. The third-order valence-electron chi connectivity index (χ3n) is 3.56. The fraction of sp³-hybridized carbons (Fsp3) is 0.263. The smallest absolute Gasteiger partial charge is 0.303 e. The second-order valence-electron chi connectivity index (χ2n) is 5.64. The van der Waals surface area contributed by atoms with Crippen molar-refractivity contribution in [1.82, 2.24) is 0 Å². The van der Waals surface area contributed by atoms with Gasteiger partial charge in [0.25, 0.3) is 5.91 Å². The Bertz CT molecular complexity index is 723. The molecule has 0 heterocycles. The predicted octanol–water partition coefficient (Wildman–Crippen LogP) is 3.80. The first-order valence-corrected chi connectivity index (χ1v) is 7.79. The van der Waals surface area contributed by atoms with Crippen molar-refractivity contribution in [1.29, 1.82) is 0 Å². The number of carboxylic acids is 1. The monoisotopic (exact) mass is 327 g/mol. The minimum absolute atomic E-state index is 0.0797. The lowest BCUT2D eigenvalue weighted by Gasteiger charge is -2.10. The van der Waals surface area contributed by atoms with Crippen LogP contribution in [-0.2, 0) is 4.79 Å². The third-order valence-corrected chi connectivity index (χ3v) is 3.56. The summed E-state index contributed by atoms with van der Waals surface area (Å²) >= 11 is 0. The second kappa shape index (κ2) is 8.15. The molecule has 5 heteroatoms. The zero-order chi connectivity index (χ0) is 17.5. The second-order valence-corrected chi connectivity index (χ2v) is 5.64. The van der Waals surface area contributed by atoms with Crippen molar-refractivity contribution in [2.75, 3.05) is 11.9 Å². The SMILES string of the molecule is Cc1ccc(C)c(NC(=O)c2ccc(OCCCC(=O)O)cc2)c1. The lowest BCUT2D eigenvalue weighted by Crippen LogP contribution is -2.12. The van der Waals surface area contributed by atoms with Crippen LogP contribution in [-0.4, -0.2) is 23.6 Å². The summed E-state index contributed by atoms with van der Waals surface area (Å²) in [4.78, 5) is 22.7. The molecule has 1 amide bonds. The molecular weight excluding hydrogens is 306 g/mol. The van der Waals surface area contributed by atoms with Crippen molar-refractivity contribution in [2.24, 2.45) is 0 Å². The first kappa shape index (κ1) is 17.5. The maximum Gasteiger partial charge on any atom is 0.303 e. The van der Waals surface area contributed by atoms with Gasteiger partial charge in [-0.05, 0) is 61.7 Å². The van der Waals surface area contributed by atoms with Gasteiger partial charge in [-0.1, -0.05) is 12.1 Å². The zero-order valence-corrected chi connectivity index (χ0v) is 13.8. The van der Waals surface area contributed by atoms with Crippen molar-refractivity contribution in [3.05, 3.63) is 59.2 Å². The van der Waals surface area contributed by atoms with E-state index >= 15 is 0 Å². The Morgan fingerprint density at radius 3 is 2.46 bits per heavy atom. The van der Waals surface area contributed by atoms with Gasteiger partial charge in [-0.2, -0.15) is 0 Å². The lowest BCUT2D eigenvalue weighted by molar-refractivity contribution is -0.137. The molecule has 0 bridgehead atoms. The van der Waals surface area contributed by atoms with Crippen LogP contribution >= 0.6 is 0 Å². The first-order valence-electron chi connectivity index (χ1n) is 7.79. The summed E-state index contributed by atoms with van der Waals surface area (Å²) in [7, 11) is 0. The minimum atomic E-state index is -0.836. The van der Waals surface area contributed by atoms with Crippen molar-refractivity contribution < 1.29 is 19.4 Å². The lowest BCUT2D eigenvalue weighted by atomic mass is 10.1. The van der Waals surface area contributed by atoms with E-state index < -0.39 is 5.97 Å². The topological polar surface area (TPSA) is 75.6 Å². The van der Waals surface area contributed by atoms with Gasteiger partial charge in [0.05, 0.1) is 6.61 Å². The molecule has 0 saturated carbocycles. The molecule has 0 aliphatic heterocycles. The number of nitrogens with one attached hydrogen (secondary N) is 1. The number of anilines is 1. The molecule has 0 fully saturated rings. The van der Waals surface area contributed by atoms with Gasteiger partial charge in [0, 0.05) is 17.7 Å². The molecule has 0 aliphatic carbocycles. The Hall–Kier alpha value is -2.82. The molecule has 126 valence electrons. The fourth-order valence-electron chi connectivity index (χ4n) is 2.18. The number of hydrogen-bond donors (Lipinski definition) is 2. The van der Waals surface area contributed by atoms with E-state index in [1.165, 1.54) is 0 Å². The van der Waals surface area contributed by atoms with Crippen LogP contribution in [0.15, 0.2) is 42.5 Å². The summed E-state index contributed by atoms with van der Waals surface area (Å²) in [6.45, 7) is 4.26. The van der Waals surface area contributed by atoms with E-state index in [-0.39, 0.29) is 12.3 Å². The Balaban J connectivity index is 1.93. The highest BCUT2D eigenvalue weighted by Gasteiger charge is 2.08. The highest BCUT2D eigenvalue weighted by molar-refractivity contribution is 6.04. The molecule has 0 radical (unpaired) electrons. The third kappa shape index (κ3) is 5.12. The normalized spacial score (nSPS) is 10.2. The predicted molar refractivity (Wildman–Crippen MR) is 92.7 cm³/mol. The Morgan fingerprint density at radius 1 is 1.08 bits per heavy atom. The number of amides is 1. The summed E-state index contributed by atoms with van der Waals surface area (Å²) in [6, 6.07) is 12.7. The van der Waals surface area contributed by atoms with Gasteiger partial charge >= 0.3 is 5.97 Å². The molecule has 2 aromatic carbocycles. The van der Waals surface area contributed by atoms with Crippen LogP contribution in [0.5, 0.6) is 5.75 Å². The van der Waals surface area contributed by atoms with Crippen LogP contribution in [0.4, 0.5) is 5.69 Å². The average Bonchev–Trinajstić information content (AvgIpc) is 2.55. The standard InChI is InChI=1S/C19H21NO4/c1-13-5-6-14(2)17(12-13)20-19(23)15-7-9-16(10-8-15)24-11-3-4-18(21)22/h5-10,12H,3-4,11H2,1-2H3,(H,20,23)(H,21,22). The maximum atomic E-state index is 12.3. The maximum absolute atomic E-state index is 12.3. The van der Waals surface area contributed by atoms with Crippen LogP contribution in [0.2, 0.25) is 0 Å². The summed E-state index contributed by atoms with van der Waals surface area (Å²) < 4.78 is 5.45. The van der Waals surface area contributed by atoms with Crippen LogP contribution in [0.25, 0.3) is 0 Å². The van der Waals surface area contributed by atoms with E-state index in [1.54, 1.807) is 24.3 Å². The van der Waals surface area contributed by atoms with E-state index in [9.17, 15) is 9.59 Å². The number of benzene rings is 2. The molecule has 2 N–H and O–H groups in total. The molecule has 0 unspecified atom stereocenters. The van der Waals surface area contributed by atoms with Crippen molar-refractivity contribution in [2.45, 2.75) is 26.7 Å². The van der Waals surface area contributed by atoms with Crippen LogP contribution in [0.1, 0.15) is 34.3 Å². The van der Waals surface area contributed by atoms with E-state index in [0.29, 0.717) is 24.3 Å². The van der Waals surface area contributed by atoms with Crippen molar-refractivity contribution in [3.63, 3.8) is 0 Å². The number of hydrogen-bond acceptors (Lipinski definition) is 3. The van der Waals surface area contributed by atoms with Crippen molar-refractivity contribution >= 4 is 17.6 Å². The van der Waals surface area contributed by atoms with Gasteiger partial charge in [0.15, 0.2) is 0 Å². The van der Waals surface area contributed by atoms with E-state index in [1.807, 2.05) is 32.0 Å². The zero-order valence-electron chi connectivity index (χ0n) is 13.8. The summed E-state index contributed by atoms with van der Waals surface area (Å²) in [5.41, 5.74) is 3.43. The molecule has 5 nitrogen and oxygen atoms in total. The van der Waals surface area contributed by atoms with Crippen LogP contribution in [0.3, 0.4) is 0 Å². The van der Waals surface area contributed by atoms with Crippen molar-refractivity contribution in [3.8, 4) is 5.75 Å². The summed E-state index contributed by atoms with van der Waals surface area (Å²) in [5, 5.41) is 11.5. The molecule has 0 spiro atoms. The Labute approximate surface area is 141 Å². The number of carboxylic acid groups (broad SMARTS) is 1. The number of carbonyl (C=O) groups is 2. The number of carbonyl (C=O) groups excluding carboxylic acids is 1. The Morgan fingerprint density at radius 2 is 1.79 bits per heavy atom. The Kier molecular flexibility index (Phi) is 5.95. The average molecular weight is 327 g/mol. The molecule has 2 aromatic rings. The van der Waals surface area contributed by atoms with Crippen LogP contribution in [0, 0.1) is 13.8 Å². The van der Waals surface area contributed by atoms with E-state index in [2.05, 4.69) is 5.32 Å². The highest BCUT2D eigenvalue weighted by Crippen LogP contribution is 2.18. The van der Waals surface area contributed by atoms with Gasteiger partial charge in [-0.3, -0.25) is 9.59 Å². The van der Waals surface area contributed by atoms with Gasteiger partial charge in [0.1, 0.15) is 5.75 Å². The van der Waals surface area contributed by atoms with Gasteiger partial charge in [-0.15, -0.1) is 0 Å². The number of ether oxygens (including phenoxy) is 1. The molecular formula is C19H21NO4. The largest absolute Gasteiger partial charge is 0.494 e. The number of aryl methyl sites for hydroxylation is 2.